The van der Waals surface area contributed by atoms with Gasteiger partial charge in [0.1, 0.15) is 0 Å². The van der Waals surface area contributed by atoms with Crippen molar-refractivity contribution in [2.75, 3.05) is 46.3 Å². The molecule has 3 fully saturated rings. The number of piperazine rings is 1. The van der Waals surface area contributed by atoms with Crippen molar-refractivity contribution in [1.82, 2.24) is 14.7 Å². The van der Waals surface area contributed by atoms with Gasteiger partial charge in [-0.25, -0.2) is 9.59 Å². The summed E-state index contributed by atoms with van der Waals surface area (Å²) in [5.41, 5.74) is 0. The van der Waals surface area contributed by atoms with E-state index in [1.165, 1.54) is 77.8 Å². The SMILES string of the molecule is CN1CCN(C2CCN(C3CCCC3)CC2)CC1.O=C(O)C(=O)O. The molecule has 3 rings (SSSR count). The van der Waals surface area contributed by atoms with Gasteiger partial charge in [-0.3, -0.25) is 4.90 Å². The van der Waals surface area contributed by atoms with Crippen LogP contribution in [0.25, 0.3) is 0 Å². The Bertz CT molecular complexity index is 398. The van der Waals surface area contributed by atoms with E-state index in [2.05, 4.69) is 21.7 Å². The molecule has 7 nitrogen and oxygen atoms in total. The van der Waals surface area contributed by atoms with Gasteiger partial charge in [0.15, 0.2) is 0 Å². The molecule has 0 aromatic rings. The van der Waals surface area contributed by atoms with Crippen LogP contribution in [0.4, 0.5) is 0 Å². The predicted octanol–water partition coefficient (Wildman–Crippen LogP) is 0.796. The van der Waals surface area contributed by atoms with Crippen LogP contribution in [0.1, 0.15) is 38.5 Å². The monoisotopic (exact) mass is 341 g/mol. The Balaban J connectivity index is 0.000000301. The van der Waals surface area contributed by atoms with Crippen molar-refractivity contribution in [3.63, 3.8) is 0 Å². The lowest BCUT2D eigenvalue weighted by Crippen LogP contribution is -2.53. The Morgan fingerprint density at radius 1 is 0.708 bits per heavy atom. The lowest BCUT2D eigenvalue weighted by atomic mass is 10.00. The summed E-state index contributed by atoms with van der Waals surface area (Å²) in [7, 11) is 2.25. The first-order chi connectivity index (χ1) is 11.5. The van der Waals surface area contributed by atoms with Crippen LogP contribution in [0, 0.1) is 0 Å². The van der Waals surface area contributed by atoms with Crippen molar-refractivity contribution in [2.24, 2.45) is 0 Å². The maximum Gasteiger partial charge on any atom is 0.414 e. The topological polar surface area (TPSA) is 84.3 Å². The van der Waals surface area contributed by atoms with E-state index in [-0.39, 0.29) is 0 Å². The number of likely N-dealkylation sites (tertiary alicyclic amines) is 1. The molecule has 2 saturated heterocycles. The maximum atomic E-state index is 9.10. The van der Waals surface area contributed by atoms with Crippen LogP contribution in [0.3, 0.4) is 0 Å². The summed E-state index contributed by atoms with van der Waals surface area (Å²) in [6, 6.07) is 1.83. The van der Waals surface area contributed by atoms with E-state index in [1.54, 1.807) is 0 Å². The van der Waals surface area contributed by atoms with Crippen LogP contribution < -0.4 is 0 Å². The molecule has 1 saturated carbocycles. The second-order valence-electron chi connectivity index (χ2n) is 7.15. The normalized spacial score (nSPS) is 25.2. The molecule has 0 atom stereocenters. The Morgan fingerprint density at radius 3 is 1.58 bits per heavy atom. The molecule has 2 aliphatic heterocycles. The Labute approximate surface area is 144 Å². The van der Waals surface area contributed by atoms with E-state index < -0.39 is 11.9 Å². The van der Waals surface area contributed by atoms with Crippen LogP contribution in [-0.4, -0.2) is 95.3 Å². The number of rotatable bonds is 2. The number of hydrogen-bond acceptors (Lipinski definition) is 5. The smallest absolute Gasteiger partial charge is 0.414 e. The summed E-state index contributed by atoms with van der Waals surface area (Å²) in [5, 5.41) is 14.8. The van der Waals surface area contributed by atoms with Gasteiger partial charge in [0.05, 0.1) is 0 Å². The molecule has 138 valence electrons. The van der Waals surface area contributed by atoms with Crippen LogP contribution >= 0.6 is 0 Å². The van der Waals surface area contributed by atoms with Crippen LogP contribution in [0.5, 0.6) is 0 Å². The lowest BCUT2D eigenvalue weighted by Gasteiger charge is -2.43. The molecular formula is C17H31N3O4. The molecule has 24 heavy (non-hydrogen) atoms. The van der Waals surface area contributed by atoms with Crippen molar-refractivity contribution in [3.8, 4) is 0 Å². The lowest BCUT2D eigenvalue weighted by molar-refractivity contribution is -0.159. The predicted molar refractivity (Wildman–Crippen MR) is 91.2 cm³/mol. The average molecular weight is 341 g/mol. The second-order valence-corrected chi connectivity index (χ2v) is 7.15. The Kier molecular flexibility index (Phi) is 7.45. The molecule has 2 N–H and O–H groups in total. The van der Waals surface area contributed by atoms with Gasteiger partial charge >= 0.3 is 11.9 Å². The van der Waals surface area contributed by atoms with Gasteiger partial charge < -0.3 is 20.0 Å². The zero-order chi connectivity index (χ0) is 17.5. The molecule has 0 aromatic carbocycles. The average Bonchev–Trinajstić information content (AvgIpc) is 3.11. The number of carbonyl (C=O) groups is 2. The Hall–Kier alpha value is -1.18. The second kappa shape index (κ2) is 9.34. The molecular weight excluding hydrogens is 310 g/mol. The summed E-state index contributed by atoms with van der Waals surface area (Å²) >= 11 is 0. The summed E-state index contributed by atoms with van der Waals surface area (Å²) in [6.45, 7) is 7.85. The van der Waals surface area contributed by atoms with Gasteiger partial charge in [-0.2, -0.15) is 0 Å². The van der Waals surface area contributed by atoms with Gasteiger partial charge in [-0.15, -0.1) is 0 Å². The third-order valence-corrected chi connectivity index (χ3v) is 5.58. The number of nitrogens with zero attached hydrogens (tertiary/aromatic N) is 3. The number of piperidine rings is 1. The van der Waals surface area contributed by atoms with Crippen molar-refractivity contribution >= 4 is 11.9 Å². The quantitative estimate of drug-likeness (QED) is 0.719. The fourth-order valence-corrected chi connectivity index (χ4v) is 4.07. The maximum absolute atomic E-state index is 9.10. The molecule has 2 heterocycles. The molecule has 7 heteroatoms. The minimum atomic E-state index is -1.82. The molecule has 0 radical (unpaired) electrons. The first-order valence-electron chi connectivity index (χ1n) is 9.10. The third-order valence-electron chi connectivity index (χ3n) is 5.58. The zero-order valence-corrected chi connectivity index (χ0v) is 14.7. The molecule has 1 aliphatic carbocycles. The third kappa shape index (κ3) is 5.72. The number of carboxylic acids is 2. The summed E-state index contributed by atoms with van der Waals surface area (Å²) in [6.07, 6.45) is 8.73. The molecule has 0 amide bonds. The van der Waals surface area contributed by atoms with E-state index >= 15 is 0 Å². The van der Waals surface area contributed by atoms with E-state index in [9.17, 15) is 0 Å². The highest BCUT2D eigenvalue weighted by Gasteiger charge is 2.30. The van der Waals surface area contributed by atoms with Crippen molar-refractivity contribution in [1.29, 1.82) is 0 Å². The Morgan fingerprint density at radius 2 is 1.12 bits per heavy atom. The van der Waals surface area contributed by atoms with Crippen molar-refractivity contribution in [2.45, 2.75) is 50.6 Å². The largest absolute Gasteiger partial charge is 0.473 e. The molecule has 0 aromatic heterocycles. The highest BCUT2D eigenvalue weighted by Crippen LogP contribution is 2.27. The van der Waals surface area contributed by atoms with Gasteiger partial charge in [0, 0.05) is 38.3 Å². The number of carboxylic acid groups (broad SMARTS) is 2. The molecule has 0 unspecified atom stereocenters. The number of hydrogen-bond donors (Lipinski definition) is 2. The summed E-state index contributed by atoms with van der Waals surface area (Å²) < 4.78 is 0. The zero-order valence-electron chi connectivity index (χ0n) is 14.7. The first kappa shape index (κ1) is 19.1. The molecule has 3 aliphatic rings. The van der Waals surface area contributed by atoms with Crippen molar-refractivity contribution < 1.29 is 19.8 Å². The van der Waals surface area contributed by atoms with Crippen LogP contribution in [0.2, 0.25) is 0 Å². The molecule has 0 bridgehead atoms. The molecule has 0 spiro atoms. The van der Waals surface area contributed by atoms with Crippen molar-refractivity contribution in [3.05, 3.63) is 0 Å². The van der Waals surface area contributed by atoms with Crippen LogP contribution in [0.15, 0.2) is 0 Å². The highest BCUT2D eigenvalue weighted by molar-refractivity contribution is 6.27. The minimum Gasteiger partial charge on any atom is -0.473 e. The fourth-order valence-electron chi connectivity index (χ4n) is 4.07. The number of likely N-dealkylation sites (N-methyl/N-ethyl adjacent to an activating group) is 1. The summed E-state index contributed by atoms with van der Waals surface area (Å²) in [5.74, 6) is -3.65. The van der Waals surface area contributed by atoms with E-state index in [0.29, 0.717) is 0 Å². The van der Waals surface area contributed by atoms with Gasteiger partial charge in [-0.05, 0) is 45.8 Å². The highest BCUT2D eigenvalue weighted by atomic mass is 16.4. The standard InChI is InChI=1S/C15H29N3.C2H2O4/c1-16-10-12-18(13-11-16)15-6-8-17(9-7-15)14-4-2-3-5-14;3-1(4)2(5)6/h14-15H,2-13H2,1H3;(H,3,4)(H,5,6). The first-order valence-corrected chi connectivity index (χ1v) is 9.10. The van der Waals surface area contributed by atoms with E-state index in [0.717, 1.165) is 12.1 Å². The fraction of sp³-hybridized carbons (Fsp3) is 0.882. The number of aliphatic carboxylic acids is 2. The minimum absolute atomic E-state index is 0.886. The van der Waals surface area contributed by atoms with Gasteiger partial charge in [0.2, 0.25) is 0 Å². The van der Waals surface area contributed by atoms with E-state index in [4.69, 9.17) is 19.8 Å². The van der Waals surface area contributed by atoms with Crippen LogP contribution in [-0.2, 0) is 9.59 Å². The van der Waals surface area contributed by atoms with Gasteiger partial charge in [-0.1, -0.05) is 12.8 Å². The van der Waals surface area contributed by atoms with E-state index in [1.807, 2.05) is 0 Å². The van der Waals surface area contributed by atoms with Gasteiger partial charge in [0.25, 0.3) is 0 Å². The summed E-state index contributed by atoms with van der Waals surface area (Å²) in [4.78, 5) is 26.2.